The second-order valence-electron chi connectivity index (χ2n) is 16.1. The third-order valence-corrected chi connectivity index (χ3v) is 12.4. The number of hydrogen-bond donors (Lipinski definition) is 0. The maximum atomic E-state index is 6.32. The number of nitrogens with zero attached hydrogens (tertiary/aromatic N) is 2. The highest BCUT2D eigenvalue weighted by Gasteiger charge is 2.18. The molecule has 0 atom stereocenters. The third-order valence-electron chi connectivity index (χ3n) is 12.4. The van der Waals surface area contributed by atoms with Crippen LogP contribution < -0.4 is 4.90 Å². The van der Waals surface area contributed by atoms with Crippen LogP contribution in [0, 0.1) is 0 Å². The molecule has 0 N–H and O–H groups in total. The van der Waals surface area contributed by atoms with Crippen molar-refractivity contribution in [2.24, 2.45) is 0 Å². The molecule has 0 saturated heterocycles. The number of anilines is 3. The summed E-state index contributed by atoms with van der Waals surface area (Å²) in [5.74, 6) is 0. The van der Waals surface area contributed by atoms with Crippen molar-refractivity contribution >= 4 is 60.8 Å². The van der Waals surface area contributed by atoms with Gasteiger partial charge in [-0.1, -0.05) is 170 Å². The summed E-state index contributed by atoms with van der Waals surface area (Å²) in [5, 5.41) is 4.78. The lowest BCUT2D eigenvalue weighted by atomic mass is 9.94. The summed E-state index contributed by atoms with van der Waals surface area (Å²) in [6.07, 6.45) is 0. The highest BCUT2D eigenvalue weighted by molar-refractivity contribution is 6.13. The van der Waals surface area contributed by atoms with Gasteiger partial charge in [0.2, 0.25) is 0 Å². The summed E-state index contributed by atoms with van der Waals surface area (Å²) in [5.41, 5.74) is 17.9. The molecule has 12 rings (SSSR count). The minimum atomic E-state index is 0.888. The lowest BCUT2D eigenvalue weighted by Gasteiger charge is -2.27. The minimum Gasteiger partial charge on any atom is -0.456 e. The van der Waals surface area contributed by atoms with Crippen LogP contribution in [0.25, 0.3) is 93.9 Å². The Bertz CT molecular complexity index is 3560. The molecule has 0 amide bonds. The van der Waals surface area contributed by atoms with E-state index in [-0.39, 0.29) is 0 Å². The quantitative estimate of drug-likeness (QED) is 0.153. The van der Waals surface area contributed by atoms with E-state index >= 15 is 0 Å². The van der Waals surface area contributed by atoms with Gasteiger partial charge in [-0.3, -0.25) is 0 Å². The molecule has 10 aromatic carbocycles. The molecule has 0 aliphatic carbocycles. The van der Waals surface area contributed by atoms with Crippen molar-refractivity contribution in [1.82, 2.24) is 4.57 Å². The normalized spacial score (nSPS) is 11.5. The Morgan fingerprint density at radius 1 is 0.302 bits per heavy atom. The summed E-state index contributed by atoms with van der Waals surface area (Å²) in [6, 6.07) is 87.1. The highest BCUT2D eigenvalue weighted by Crippen LogP contribution is 2.43. The molecule has 2 heterocycles. The zero-order chi connectivity index (χ0) is 41.7. The monoisotopic (exact) mass is 804 g/mol. The number of hydrogen-bond acceptors (Lipinski definition) is 2. The molecule has 0 aliphatic rings. The predicted molar refractivity (Wildman–Crippen MR) is 264 cm³/mol. The van der Waals surface area contributed by atoms with Gasteiger partial charge in [0.15, 0.2) is 0 Å². The molecule has 3 nitrogen and oxygen atoms in total. The van der Waals surface area contributed by atoms with Gasteiger partial charge < -0.3 is 13.9 Å². The van der Waals surface area contributed by atoms with Crippen molar-refractivity contribution in [3.8, 4) is 50.2 Å². The van der Waals surface area contributed by atoms with Gasteiger partial charge in [0.25, 0.3) is 0 Å². The number of furan rings is 1. The van der Waals surface area contributed by atoms with E-state index in [9.17, 15) is 0 Å². The van der Waals surface area contributed by atoms with Gasteiger partial charge in [-0.15, -0.1) is 0 Å². The van der Waals surface area contributed by atoms with Crippen LogP contribution in [-0.4, -0.2) is 4.57 Å². The molecule has 3 heteroatoms. The van der Waals surface area contributed by atoms with E-state index in [1.807, 2.05) is 12.1 Å². The molecular weight excluding hydrogens is 765 g/mol. The Hall–Kier alpha value is -8.40. The zero-order valence-corrected chi connectivity index (χ0v) is 34.4. The van der Waals surface area contributed by atoms with Crippen molar-refractivity contribution < 1.29 is 4.42 Å². The smallest absolute Gasteiger partial charge is 0.136 e. The van der Waals surface area contributed by atoms with Gasteiger partial charge in [0, 0.05) is 44.3 Å². The summed E-state index contributed by atoms with van der Waals surface area (Å²) in [7, 11) is 0. The number of benzene rings is 10. The number of rotatable bonds is 8. The summed E-state index contributed by atoms with van der Waals surface area (Å²) >= 11 is 0. The van der Waals surface area contributed by atoms with Crippen molar-refractivity contribution in [3.05, 3.63) is 243 Å². The second kappa shape index (κ2) is 15.3. The fourth-order valence-corrected chi connectivity index (χ4v) is 9.50. The van der Waals surface area contributed by atoms with Crippen LogP contribution in [0.2, 0.25) is 0 Å². The lowest BCUT2D eigenvalue weighted by Crippen LogP contribution is -2.10. The molecule has 0 unspecified atom stereocenters. The van der Waals surface area contributed by atoms with Crippen molar-refractivity contribution in [3.63, 3.8) is 0 Å². The molecule has 0 fully saturated rings. The van der Waals surface area contributed by atoms with Crippen LogP contribution in [0.3, 0.4) is 0 Å². The Labute approximate surface area is 366 Å². The molecule has 0 spiro atoms. The van der Waals surface area contributed by atoms with Crippen LogP contribution in [0.1, 0.15) is 0 Å². The molecule has 296 valence electrons. The fraction of sp³-hybridized carbons (Fsp3) is 0. The van der Waals surface area contributed by atoms with Crippen LogP contribution in [0.15, 0.2) is 247 Å². The average molecular weight is 805 g/mol. The lowest BCUT2D eigenvalue weighted by molar-refractivity contribution is 0.669. The van der Waals surface area contributed by atoms with E-state index < -0.39 is 0 Å². The topological polar surface area (TPSA) is 21.3 Å². The van der Waals surface area contributed by atoms with E-state index in [0.29, 0.717) is 0 Å². The largest absolute Gasteiger partial charge is 0.456 e. The molecule has 0 saturated carbocycles. The standard InChI is InChI=1S/C60H40N2O/c1-2-15-43(16-3-1)50-21-4-5-22-51(50)44-17-12-19-48(39-44)61(49-20-13-18-45(40-49)52-26-14-30-59-60(52)55-25-8-11-29-58(55)63-59)46-35-31-41(32-36-46)42-33-37-47(38-34-42)62-56-27-9-6-23-53(56)54-24-7-10-28-57(54)62/h1-40H. The molecule has 0 aliphatic heterocycles. The van der Waals surface area contributed by atoms with Crippen molar-refractivity contribution in [1.29, 1.82) is 0 Å². The average Bonchev–Trinajstić information content (AvgIpc) is 3.91. The minimum absolute atomic E-state index is 0.888. The summed E-state index contributed by atoms with van der Waals surface area (Å²) in [6.45, 7) is 0. The Balaban J connectivity index is 0.959. The predicted octanol–water partition coefficient (Wildman–Crippen LogP) is 16.8. The van der Waals surface area contributed by atoms with E-state index in [4.69, 9.17) is 4.42 Å². The van der Waals surface area contributed by atoms with Gasteiger partial charge in [0.1, 0.15) is 11.2 Å². The van der Waals surface area contributed by atoms with E-state index in [1.54, 1.807) is 0 Å². The number of aromatic nitrogens is 1. The first kappa shape index (κ1) is 36.5. The summed E-state index contributed by atoms with van der Waals surface area (Å²) < 4.78 is 8.69. The van der Waals surface area contributed by atoms with Gasteiger partial charge >= 0.3 is 0 Å². The maximum Gasteiger partial charge on any atom is 0.136 e. The van der Waals surface area contributed by atoms with Crippen molar-refractivity contribution in [2.75, 3.05) is 4.90 Å². The number of fused-ring (bicyclic) bond motifs is 6. The van der Waals surface area contributed by atoms with E-state index in [2.05, 4.69) is 240 Å². The first-order chi connectivity index (χ1) is 31.2. The van der Waals surface area contributed by atoms with E-state index in [1.165, 1.54) is 44.1 Å². The van der Waals surface area contributed by atoms with Gasteiger partial charge in [-0.2, -0.15) is 0 Å². The van der Waals surface area contributed by atoms with Crippen LogP contribution >= 0.6 is 0 Å². The van der Waals surface area contributed by atoms with Gasteiger partial charge in [0.05, 0.1) is 11.0 Å². The molecular formula is C60H40N2O. The molecule has 12 aromatic rings. The highest BCUT2D eigenvalue weighted by atomic mass is 16.3. The molecule has 0 radical (unpaired) electrons. The molecule has 0 bridgehead atoms. The Kier molecular flexibility index (Phi) is 8.83. The zero-order valence-electron chi connectivity index (χ0n) is 34.4. The number of para-hydroxylation sites is 3. The third kappa shape index (κ3) is 6.38. The molecule has 63 heavy (non-hydrogen) atoms. The van der Waals surface area contributed by atoms with Crippen LogP contribution in [-0.2, 0) is 0 Å². The SMILES string of the molecule is c1ccc(-c2ccccc2-c2cccc(N(c3ccc(-c4ccc(-n5c6ccccc6c6ccccc65)cc4)cc3)c3cccc(-c4cccc5oc6ccccc6c45)c3)c2)cc1. The Morgan fingerprint density at radius 3 is 1.44 bits per heavy atom. The van der Waals surface area contributed by atoms with Gasteiger partial charge in [-0.05, 0) is 117 Å². The van der Waals surface area contributed by atoms with Crippen LogP contribution in [0.4, 0.5) is 17.1 Å². The first-order valence-electron chi connectivity index (χ1n) is 21.5. The second-order valence-corrected chi connectivity index (χ2v) is 16.1. The van der Waals surface area contributed by atoms with Crippen LogP contribution in [0.5, 0.6) is 0 Å². The maximum absolute atomic E-state index is 6.32. The Morgan fingerprint density at radius 2 is 0.778 bits per heavy atom. The van der Waals surface area contributed by atoms with Gasteiger partial charge in [-0.25, -0.2) is 0 Å². The fourth-order valence-electron chi connectivity index (χ4n) is 9.50. The summed E-state index contributed by atoms with van der Waals surface area (Å²) in [4.78, 5) is 2.38. The van der Waals surface area contributed by atoms with Crippen molar-refractivity contribution in [2.45, 2.75) is 0 Å². The molecule has 2 aromatic heterocycles. The first-order valence-corrected chi connectivity index (χ1v) is 21.5. The van der Waals surface area contributed by atoms with E-state index in [0.717, 1.165) is 66.9 Å².